The molecule has 2 rings (SSSR count). The Bertz CT molecular complexity index is 454. The highest BCUT2D eigenvalue weighted by Gasteiger charge is 2.24. The van der Waals surface area contributed by atoms with Gasteiger partial charge in [0.2, 0.25) is 0 Å². The van der Waals surface area contributed by atoms with E-state index < -0.39 is 5.82 Å². The molecule has 0 spiro atoms. The van der Waals surface area contributed by atoms with Crippen LogP contribution in [0, 0.1) is 11.7 Å². The van der Waals surface area contributed by atoms with E-state index in [1.807, 2.05) is 0 Å². The van der Waals surface area contributed by atoms with Crippen molar-refractivity contribution in [3.63, 3.8) is 0 Å². The lowest BCUT2D eigenvalue weighted by Crippen LogP contribution is -2.16. The molecule has 0 bridgehead atoms. The van der Waals surface area contributed by atoms with Gasteiger partial charge in [0.1, 0.15) is 11.4 Å². The fourth-order valence-corrected chi connectivity index (χ4v) is 1.51. The Morgan fingerprint density at radius 3 is 2.87 bits per heavy atom. The highest BCUT2D eigenvalue weighted by Crippen LogP contribution is 2.32. The zero-order valence-electron chi connectivity index (χ0n) is 8.45. The third kappa shape index (κ3) is 1.52. The van der Waals surface area contributed by atoms with Crippen molar-refractivity contribution in [2.75, 3.05) is 7.11 Å². The second kappa shape index (κ2) is 3.46. The van der Waals surface area contributed by atoms with E-state index in [4.69, 9.17) is 4.74 Å². The van der Waals surface area contributed by atoms with E-state index >= 15 is 0 Å². The van der Waals surface area contributed by atoms with Gasteiger partial charge in [0.15, 0.2) is 11.6 Å². The molecule has 3 nitrogen and oxygen atoms in total. The van der Waals surface area contributed by atoms with Crippen molar-refractivity contribution in [3.8, 4) is 5.75 Å². The predicted molar refractivity (Wildman–Crippen MR) is 54.6 cm³/mol. The molecule has 0 amide bonds. The summed E-state index contributed by atoms with van der Waals surface area (Å²) < 4.78 is 18.4. The number of ketones is 1. The quantitative estimate of drug-likeness (QED) is 0.709. The Hall–Kier alpha value is -1.71. The number of nitrogens with zero attached hydrogens (tertiary/aromatic N) is 1. The van der Waals surface area contributed by atoms with Gasteiger partial charge in [0.05, 0.1) is 18.6 Å². The van der Waals surface area contributed by atoms with Crippen molar-refractivity contribution in [2.24, 2.45) is 10.9 Å². The molecule has 0 saturated carbocycles. The molecule has 0 saturated heterocycles. The van der Waals surface area contributed by atoms with E-state index in [-0.39, 0.29) is 17.4 Å². The SMILES string of the molecule is COc1cc(F)c2c(c1)C(=O)C(C)C=N2. The summed E-state index contributed by atoms with van der Waals surface area (Å²) in [5.74, 6) is -0.619. The number of halogens is 1. The minimum atomic E-state index is -0.527. The summed E-state index contributed by atoms with van der Waals surface area (Å²) in [6.45, 7) is 1.73. The van der Waals surface area contributed by atoms with Crippen LogP contribution in [0.2, 0.25) is 0 Å². The minimum Gasteiger partial charge on any atom is -0.497 e. The number of Topliss-reactive ketones (excluding diaryl/α,β-unsaturated/α-hetero) is 1. The van der Waals surface area contributed by atoms with Crippen molar-refractivity contribution in [1.82, 2.24) is 0 Å². The minimum absolute atomic E-state index is 0.110. The molecule has 1 atom stereocenters. The van der Waals surface area contributed by atoms with Gasteiger partial charge in [-0.25, -0.2) is 4.39 Å². The lowest BCUT2D eigenvalue weighted by molar-refractivity contribution is 0.0961. The van der Waals surface area contributed by atoms with Crippen molar-refractivity contribution in [1.29, 1.82) is 0 Å². The van der Waals surface area contributed by atoms with Gasteiger partial charge in [0.25, 0.3) is 0 Å². The maximum absolute atomic E-state index is 13.5. The lowest BCUT2D eigenvalue weighted by Gasteiger charge is -2.15. The van der Waals surface area contributed by atoms with Crippen LogP contribution in [0.1, 0.15) is 17.3 Å². The van der Waals surface area contributed by atoms with Gasteiger partial charge in [0, 0.05) is 12.3 Å². The van der Waals surface area contributed by atoms with E-state index in [2.05, 4.69) is 4.99 Å². The number of methoxy groups -OCH3 is 1. The van der Waals surface area contributed by atoms with Crippen LogP contribution in [-0.2, 0) is 0 Å². The van der Waals surface area contributed by atoms with E-state index in [9.17, 15) is 9.18 Å². The van der Waals surface area contributed by atoms with Gasteiger partial charge in [-0.3, -0.25) is 9.79 Å². The molecule has 1 aliphatic heterocycles. The first-order chi connectivity index (χ1) is 7.13. The Balaban J connectivity index is 2.63. The molecule has 0 N–H and O–H groups in total. The van der Waals surface area contributed by atoms with Crippen LogP contribution in [0.4, 0.5) is 10.1 Å². The van der Waals surface area contributed by atoms with Crippen LogP contribution >= 0.6 is 0 Å². The maximum atomic E-state index is 13.5. The summed E-state index contributed by atoms with van der Waals surface area (Å²) in [6.07, 6.45) is 1.46. The van der Waals surface area contributed by atoms with E-state index in [1.165, 1.54) is 25.5 Å². The monoisotopic (exact) mass is 207 g/mol. The third-order valence-electron chi connectivity index (χ3n) is 2.38. The van der Waals surface area contributed by atoms with E-state index in [0.29, 0.717) is 11.3 Å². The Kier molecular flexibility index (Phi) is 2.26. The molecular weight excluding hydrogens is 197 g/mol. The molecule has 1 aliphatic rings. The largest absolute Gasteiger partial charge is 0.497 e. The van der Waals surface area contributed by atoms with E-state index in [0.717, 1.165) is 0 Å². The van der Waals surface area contributed by atoms with Crippen LogP contribution in [0.5, 0.6) is 5.75 Å². The first-order valence-corrected chi connectivity index (χ1v) is 4.59. The average molecular weight is 207 g/mol. The second-order valence-electron chi connectivity index (χ2n) is 3.44. The summed E-state index contributed by atoms with van der Waals surface area (Å²) in [4.78, 5) is 15.6. The van der Waals surface area contributed by atoms with Gasteiger partial charge in [-0.15, -0.1) is 0 Å². The number of fused-ring (bicyclic) bond motifs is 1. The van der Waals surface area contributed by atoms with Gasteiger partial charge in [-0.1, -0.05) is 6.92 Å². The lowest BCUT2D eigenvalue weighted by atomic mass is 9.96. The topological polar surface area (TPSA) is 38.7 Å². The number of rotatable bonds is 1. The molecule has 1 aromatic rings. The summed E-state index contributed by atoms with van der Waals surface area (Å²) in [5.41, 5.74) is 0.403. The van der Waals surface area contributed by atoms with Crippen molar-refractivity contribution in [3.05, 3.63) is 23.5 Å². The molecule has 15 heavy (non-hydrogen) atoms. The molecular formula is C11H10FNO2. The fraction of sp³-hybridized carbons (Fsp3) is 0.273. The van der Waals surface area contributed by atoms with Crippen LogP contribution < -0.4 is 4.74 Å². The molecule has 78 valence electrons. The van der Waals surface area contributed by atoms with Crippen molar-refractivity contribution in [2.45, 2.75) is 6.92 Å². The fourth-order valence-electron chi connectivity index (χ4n) is 1.51. The number of benzene rings is 1. The van der Waals surface area contributed by atoms with Gasteiger partial charge < -0.3 is 4.74 Å². The molecule has 1 heterocycles. The summed E-state index contributed by atoms with van der Waals surface area (Å²) in [7, 11) is 1.43. The first-order valence-electron chi connectivity index (χ1n) is 4.59. The number of hydrogen-bond donors (Lipinski definition) is 0. The zero-order chi connectivity index (χ0) is 11.0. The molecule has 0 radical (unpaired) electrons. The first kappa shape index (κ1) is 9.83. The normalized spacial score (nSPS) is 18.9. The van der Waals surface area contributed by atoms with Crippen LogP contribution in [0.3, 0.4) is 0 Å². The number of hydrogen-bond acceptors (Lipinski definition) is 3. The van der Waals surface area contributed by atoms with Crippen molar-refractivity contribution < 1.29 is 13.9 Å². The van der Waals surface area contributed by atoms with Gasteiger partial charge in [-0.2, -0.15) is 0 Å². The molecule has 4 heteroatoms. The van der Waals surface area contributed by atoms with Crippen molar-refractivity contribution >= 4 is 17.7 Å². The molecule has 1 unspecified atom stereocenters. The number of aliphatic imine (C=N–C) groups is 1. The van der Waals surface area contributed by atoms with Gasteiger partial charge in [-0.05, 0) is 6.07 Å². The van der Waals surface area contributed by atoms with Crippen LogP contribution in [-0.4, -0.2) is 19.1 Å². The Morgan fingerprint density at radius 1 is 1.47 bits per heavy atom. The van der Waals surface area contributed by atoms with Gasteiger partial charge >= 0.3 is 0 Å². The standard InChI is InChI=1S/C11H10FNO2/c1-6-5-13-10-8(11(6)14)3-7(15-2)4-9(10)12/h3-6H,1-2H3. The average Bonchev–Trinajstić information content (AvgIpc) is 2.23. The predicted octanol–water partition coefficient (Wildman–Crippen LogP) is 2.37. The summed E-state index contributed by atoms with van der Waals surface area (Å²) >= 11 is 0. The van der Waals surface area contributed by atoms with E-state index in [1.54, 1.807) is 6.92 Å². The number of carbonyl (C=O) groups excluding carboxylic acids is 1. The molecule has 0 fully saturated rings. The Labute approximate surface area is 86.6 Å². The van der Waals surface area contributed by atoms with Crippen LogP contribution in [0.15, 0.2) is 17.1 Å². The molecule has 0 aliphatic carbocycles. The molecule has 1 aromatic carbocycles. The second-order valence-corrected chi connectivity index (χ2v) is 3.44. The number of ether oxygens (including phenoxy) is 1. The smallest absolute Gasteiger partial charge is 0.173 e. The molecule has 0 aromatic heterocycles. The maximum Gasteiger partial charge on any atom is 0.173 e. The Morgan fingerprint density at radius 2 is 2.20 bits per heavy atom. The summed E-state index contributed by atoms with van der Waals surface area (Å²) in [5, 5.41) is 0. The zero-order valence-corrected chi connectivity index (χ0v) is 8.45. The third-order valence-corrected chi connectivity index (χ3v) is 2.38. The highest BCUT2D eigenvalue weighted by molar-refractivity contribution is 6.12. The summed E-state index contributed by atoms with van der Waals surface area (Å²) in [6, 6.07) is 2.74. The number of carbonyl (C=O) groups is 1. The van der Waals surface area contributed by atoms with Crippen LogP contribution in [0.25, 0.3) is 0 Å². The highest BCUT2D eigenvalue weighted by atomic mass is 19.1.